The number of nitrogens with zero attached hydrogens (tertiary/aromatic N) is 1. The second kappa shape index (κ2) is 3.91. The maximum atomic E-state index is 11.2. The monoisotopic (exact) mass is 189 g/mol. The second-order valence-corrected chi connectivity index (χ2v) is 3.67. The molecular formula is C7H11NO3S. The molecule has 1 aliphatic heterocycles. The summed E-state index contributed by atoms with van der Waals surface area (Å²) in [5.74, 6) is 0.294. The highest BCUT2D eigenvalue weighted by molar-refractivity contribution is 8.00. The SMILES string of the molecule is C[C@H](CO)N1C(=O)CSCC1=O. The number of hydrogen-bond acceptors (Lipinski definition) is 4. The molecule has 0 aromatic heterocycles. The van der Waals surface area contributed by atoms with Crippen LogP contribution in [0.4, 0.5) is 0 Å². The summed E-state index contributed by atoms with van der Waals surface area (Å²) in [6.07, 6.45) is 0. The minimum atomic E-state index is -0.383. The molecule has 0 aliphatic carbocycles. The molecule has 2 amide bonds. The third kappa shape index (κ3) is 1.78. The molecule has 0 aromatic carbocycles. The molecule has 1 aliphatic rings. The fraction of sp³-hybridized carbons (Fsp3) is 0.714. The summed E-state index contributed by atoms with van der Waals surface area (Å²) >= 11 is 1.32. The zero-order chi connectivity index (χ0) is 9.14. The predicted molar refractivity (Wildman–Crippen MR) is 45.7 cm³/mol. The van der Waals surface area contributed by atoms with E-state index in [0.29, 0.717) is 11.5 Å². The van der Waals surface area contributed by atoms with Crippen molar-refractivity contribution in [2.75, 3.05) is 18.1 Å². The van der Waals surface area contributed by atoms with Gasteiger partial charge in [0, 0.05) is 0 Å². The third-order valence-electron chi connectivity index (χ3n) is 1.69. The lowest BCUT2D eigenvalue weighted by Crippen LogP contribution is -2.49. The normalized spacial score (nSPS) is 21.3. The van der Waals surface area contributed by atoms with Crippen LogP contribution in [0.5, 0.6) is 0 Å². The van der Waals surface area contributed by atoms with Gasteiger partial charge in [-0.1, -0.05) is 0 Å². The van der Waals surface area contributed by atoms with Crippen molar-refractivity contribution in [2.45, 2.75) is 13.0 Å². The van der Waals surface area contributed by atoms with E-state index in [1.54, 1.807) is 6.92 Å². The van der Waals surface area contributed by atoms with Gasteiger partial charge in [0.25, 0.3) is 0 Å². The first-order valence-corrected chi connectivity index (χ1v) is 4.85. The molecule has 1 heterocycles. The Morgan fingerprint density at radius 1 is 1.50 bits per heavy atom. The average Bonchev–Trinajstić information content (AvgIpc) is 2.03. The topological polar surface area (TPSA) is 57.6 Å². The summed E-state index contributed by atoms with van der Waals surface area (Å²) < 4.78 is 0. The van der Waals surface area contributed by atoms with Crippen molar-refractivity contribution >= 4 is 23.6 Å². The van der Waals surface area contributed by atoms with Crippen LogP contribution in [0.3, 0.4) is 0 Å². The summed E-state index contributed by atoms with van der Waals surface area (Å²) in [5.41, 5.74) is 0. The third-order valence-corrected chi connectivity index (χ3v) is 2.60. The van der Waals surface area contributed by atoms with Gasteiger partial charge >= 0.3 is 0 Å². The van der Waals surface area contributed by atoms with E-state index in [-0.39, 0.29) is 24.5 Å². The number of imide groups is 1. The van der Waals surface area contributed by atoms with Crippen LogP contribution in [0.2, 0.25) is 0 Å². The van der Waals surface area contributed by atoms with Crippen LogP contribution >= 0.6 is 11.8 Å². The molecule has 0 aromatic rings. The van der Waals surface area contributed by atoms with Crippen LogP contribution < -0.4 is 0 Å². The summed E-state index contributed by atoms with van der Waals surface area (Å²) in [4.78, 5) is 23.5. The Morgan fingerprint density at radius 3 is 2.42 bits per heavy atom. The number of aliphatic hydroxyl groups excluding tert-OH is 1. The maximum absolute atomic E-state index is 11.2. The molecule has 0 radical (unpaired) electrons. The molecule has 12 heavy (non-hydrogen) atoms. The molecule has 5 heteroatoms. The predicted octanol–water partition coefficient (Wildman–Crippen LogP) is -0.531. The van der Waals surface area contributed by atoms with Crippen molar-refractivity contribution in [3.8, 4) is 0 Å². The molecular weight excluding hydrogens is 178 g/mol. The van der Waals surface area contributed by atoms with Crippen molar-refractivity contribution in [3.63, 3.8) is 0 Å². The lowest BCUT2D eigenvalue weighted by atomic mass is 10.3. The van der Waals surface area contributed by atoms with Crippen LogP contribution in [-0.2, 0) is 9.59 Å². The average molecular weight is 189 g/mol. The van der Waals surface area contributed by atoms with Gasteiger partial charge < -0.3 is 5.11 Å². The van der Waals surface area contributed by atoms with E-state index < -0.39 is 0 Å². The standard InChI is InChI=1S/C7H11NO3S/c1-5(2-9)8-6(10)3-12-4-7(8)11/h5,9H,2-4H2,1H3/t5-/m1/s1. The molecule has 1 atom stereocenters. The van der Waals surface area contributed by atoms with Gasteiger partial charge in [0.05, 0.1) is 24.2 Å². The van der Waals surface area contributed by atoms with E-state index in [4.69, 9.17) is 5.11 Å². The Labute approximate surface area is 74.9 Å². The summed E-state index contributed by atoms with van der Waals surface area (Å²) in [6, 6.07) is -0.383. The van der Waals surface area contributed by atoms with Crippen LogP contribution in [0, 0.1) is 0 Å². The van der Waals surface area contributed by atoms with E-state index in [1.807, 2.05) is 0 Å². The molecule has 0 bridgehead atoms. The van der Waals surface area contributed by atoms with Gasteiger partial charge in [-0.05, 0) is 6.92 Å². The van der Waals surface area contributed by atoms with Gasteiger partial charge in [0.2, 0.25) is 11.8 Å². The second-order valence-electron chi connectivity index (χ2n) is 2.68. The van der Waals surface area contributed by atoms with Crippen molar-refractivity contribution in [1.29, 1.82) is 0 Å². The maximum Gasteiger partial charge on any atom is 0.239 e. The smallest absolute Gasteiger partial charge is 0.239 e. The number of hydrogen-bond donors (Lipinski definition) is 1. The zero-order valence-electron chi connectivity index (χ0n) is 6.82. The molecule has 1 rings (SSSR count). The van der Waals surface area contributed by atoms with Gasteiger partial charge in [0.1, 0.15) is 0 Å². The van der Waals surface area contributed by atoms with Gasteiger partial charge in [-0.15, -0.1) is 11.8 Å². The van der Waals surface area contributed by atoms with Gasteiger partial charge in [-0.3, -0.25) is 14.5 Å². The van der Waals surface area contributed by atoms with E-state index in [0.717, 1.165) is 4.90 Å². The minimum Gasteiger partial charge on any atom is -0.394 e. The summed E-state index contributed by atoms with van der Waals surface area (Å²) in [5, 5.41) is 8.77. The largest absolute Gasteiger partial charge is 0.394 e. The lowest BCUT2D eigenvalue weighted by Gasteiger charge is -2.28. The van der Waals surface area contributed by atoms with Gasteiger partial charge in [0.15, 0.2) is 0 Å². The highest BCUT2D eigenvalue weighted by Crippen LogP contribution is 2.14. The number of rotatable bonds is 2. The Hall–Kier alpha value is -0.550. The summed E-state index contributed by atoms with van der Waals surface area (Å²) in [6.45, 7) is 1.49. The Balaban J connectivity index is 2.69. The Bertz CT molecular complexity index is 191. The first-order valence-electron chi connectivity index (χ1n) is 3.70. The number of carbonyl (C=O) groups is 2. The first kappa shape index (κ1) is 9.54. The molecule has 1 N–H and O–H groups in total. The van der Waals surface area contributed by atoms with E-state index >= 15 is 0 Å². The van der Waals surface area contributed by atoms with Crippen molar-refractivity contribution in [3.05, 3.63) is 0 Å². The van der Waals surface area contributed by atoms with Crippen molar-refractivity contribution in [1.82, 2.24) is 4.90 Å². The van der Waals surface area contributed by atoms with Gasteiger partial charge in [-0.2, -0.15) is 0 Å². The quantitative estimate of drug-likeness (QED) is 0.593. The van der Waals surface area contributed by atoms with Crippen LogP contribution in [0.15, 0.2) is 0 Å². The highest BCUT2D eigenvalue weighted by atomic mass is 32.2. The molecule has 1 saturated heterocycles. The van der Waals surface area contributed by atoms with E-state index in [9.17, 15) is 9.59 Å². The molecule has 0 saturated carbocycles. The lowest BCUT2D eigenvalue weighted by molar-refractivity contribution is -0.145. The fourth-order valence-electron chi connectivity index (χ4n) is 1.08. The number of thioether (sulfide) groups is 1. The summed E-state index contributed by atoms with van der Waals surface area (Å²) in [7, 11) is 0. The Morgan fingerprint density at radius 2 is 2.00 bits per heavy atom. The molecule has 1 fully saturated rings. The van der Waals surface area contributed by atoms with E-state index in [2.05, 4.69) is 0 Å². The number of amides is 2. The van der Waals surface area contributed by atoms with Crippen LogP contribution in [-0.4, -0.2) is 46.0 Å². The van der Waals surface area contributed by atoms with Crippen molar-refractivity contribution < 1.29 is 14.7 Å². The van der Waals surface area contributed by atoms with Crippen LogP contribution in [0.1, 0.15) is 6.92 Å². The first-order chi connectivity index (χ1) is 5.66. The fourth-order valence-corrected chi connectivity index (χ4v) is 1.81. The zero-order valence-corrected chi connectivity index (χ0v) is 7.63. The van der Waals surface area contributed by atoms with Crippen LogP contribution in [0.25, 0.3) is 0 Å². The van der Waals surface area contributed by atoms with Gasteiger partial charge in [-0.25, -0.2) is 0 Å². The molecule has 4 nitrogen and oxygen atoms in total. The molecule has 68 valence electrons. The minimum absolute atomic E-state index is 0.165. The van der Waals surface area contributed by atoms with E-state index in [1.165, 1.54) is 11.8 Å². The Kier molecular flexibility index (Phi) is 3.11. The highest BCUT2D eigenvalue weighted by Gasteiger charge is 2.29. The molecule has 0 spiro atoms. The number of carbonyl (C=O) groups excluding carboxylic acids is 2. The number of aliphatic hydroxyl groups is 1. The van der Waals surface area contributed by atoms with Crippen molar-refractivity contribution in [2.24, 2.45) is 0 Å². The molecule has 0 unspecified atom stereocenters.